The van der Waals surface area contributed by atoms with Gasteiger partial charge in [-0.15, -0.1) is 11.7 Å². The van der Waals surface area contributed by atoms with E-state index in [1.54, 1.807) is 0 Å². The van der Waals surface area contributed by atoms with Crippen molar-refractivity contribution in [3.05, 3.63) is 22.7 Å². The van der Waals surface area contributed by atoms with E-state index in [0.29, 0.717) is 12.0 Å². The van der Waals surface area contributed by atoms with Crippen LogP contribution < -0.4 is 5.32 Å². The monoisotopic (exact) mass is 239 g/mol. The van der Waals surface area contributed by atoms with Gasteiger partial charge in [0.1, 0.15) is 0 Å². The maximum atomic E-state index is 4.22. The molecule has 0 aliphatic rings. The summed E-state index contributed by atoms with van der Waals surface area (Å²) in [5, 5.41) is 7.56. The minimum absolute atomic E-state index is 0.356. The lowest BCUT2D eigenvalue weighted by Gasteiger charge is -2.16. The summed E-state index contributed by atoms with van der Waals surface area (Å²) in [5.74, 6) is 0.439. The number of nitrogens with one attached hydrogen (secondary N) is 1. The molecular formula is C12H21N3S. The average molecular weight is 239 g/mol. The van der Waals surface area contributed by atoms with Crippen molar-refractivity contribution in [1.82, 2.24) is 14.9 Å². The van der Waals surface area contributed by atoms with E-state index in [1.165, 1.54) is 22.0 Å². The van der Waals surface area contributed by atoms with Gasteiger partial charge in [0.25, 0.3) is 0 Å². The van der Waals surface area contributed by atoms with Crippen LogP contribution in [0.2, 0.25) is 0 Å². The van der Waals surface area contributed by atoms with Gasteiger partial charge in [0.15, 0.2) is 0 Å². The standard InChI is InChI=1S/C12H21N3S/c1-8(2)6-7-10(13-5)12-11(9(3)4)14-15-16-12/h9-10,13H,1,6-7H2,2-5H3. The van der Waals surface area contributed by atoms with E-state index in [1.807, 2.05) is 7.05 Å². The maximum Gasteiger partial charge on any atom is 0.0829 e. The molecule has 0 saturated carbocycles. The third-order valence-electron chi connectivity index (χ3n) is 2.61. The Bertz CT molecular complexity index is 344. The summed E-state index contributed by atoms with van der Waals surface area (Å²) >= 11 is 1.51. The Morgan fingerprint density at radius 1 is 1.50 bits per heavy atom. The highest BCUT2D eigenvalue weighted by atomic mass is 32.1. The zero-order valence-electron chi connectivity index (χ0n) is 10.6. The van der Waals surface area contributed by atoms with Gasteiger partial charge < -0.3 is 5.32 Å². The predicted octanol–water partition coefficient (Wildman–Crippen LogP) is 3.28. The summed E-state index contributed by atoms with van der Waals surface area (Å²) < 4.78 is 4.07. The molecule has 0 saturated heterocycles. The van der Waals surface area contributed by atoms with Crippen LogP contribution in [-0.4, -0.2) is 16.6 Å². The summed E-state index contributed by atoms with van der Waals surface area (Å²) in [7, 11) is 1.99. The molecule has 0 amide bonds. The van der Waals surface area contributed by atoms with E-state index in [9.17, 15) is 0 Å². The first-order chi connectivity index (χ1) is 7.56. The maximum absolute atomic E-state index is 4.22. The molecule has 4 heteroatoms. The number of hydrogen-bond donors (Lipinski definition) is 1. The molecule has 0 aliphatic heterocycles. The predicted molar refractivity (Wildman–Crippen MR) is 69.8 cm³/mol. The van der Waals surface area contributed by atoms with Gasteiger partial charge in [-0.3, -0.25) is 0 Å². The Hall–Kier alpha value is -0.740. The number of nitrogens with zero attached hydrogens (tertiary/aromatic N) is 2. The summed E-state index contributed by atoms with van der Waals surface area (Å²) in [4.78, 5) is 1.28. The molecule has 1 aromatic rings. The molecule has 0 bridgehead atoms. The summed E-state index contributed by atoms with van der Waals surface area (Å²) in [5.41, 5.74) is 2.36. The second-order valence-electron chi connectivity index (χ2n) is 4.51. The number of allylic oxidation sites excluding steroid dienone is 1. The minimum Gasteiger partial charge on any atom is -0.312 e. The lowest BCUT2D eigenvalue weighted by Crippen LogP contribution is -2.17. The summed E-state index contributed by atoms with van der Waals surface area (Å²) in [6, 6.07) is 0.356. The smallest absolute Gasteiger partial charge is 0.0829 e. The Morgan fingerprint density at radius 3 is 2.69 bits per heavy atom. The summed E-state index contributed by atoms with van der Waals surface area (Å²) in [6.07, 6.45) is 2.11. The van der Waals surface area contributed by atoms with Crippen LogP contribution >= 0.6 is 11.5 Å². The van der Waals surface area contributed by atoms with Gasteiger partial charge in [-0.25, -0.2) is 0 Å². The van der Waals surface area contributed by atoms with Crippen molar-refractivity contribution in [2.24, 2.45) is 0 Å². The Balaban J connectivity index is 2.78. The minimum atomic E-state index is 0.356. The van der Waals surface area contributed by atoms with Crippen LogP contribution in [-0.2, 0) is 0 Å². The van der Waals surface area contributed by atoms with Crippen LogP contribution in [0.15, 0.2) is 12.2 Å². The molecule has 1 rings (SSSR count). The molecule has 1 heterocycles. The van der Waals surface area contributed by atoms with E-state index < -0.39 is 0 Å². The van der Waals surface area contributed by atoms with Crippen LogP contribution in [0.5, 0.6) is 0 Å². The fraction of sp³-hybridized carbons (Fsp3) is 0.667. The highest BCUT2D eigenvalue weighted by molar-refractivity contribution is 7.05. The molecule has 3 nitrogen and oxygen atoms in total. The van der Waals surface area contributed by atoms with Crippen LogP contribution in [0.25, 0.3) is 0 Å². The van der Waals surface area contributed by atoms with E-state index in [2.05, 4.69) is 42.3 Å². The van der Waals surface area contributed by atoms with Crippen molar-refractivity contribution in [3.8, 4) is 0 Å². The van der Waals surface area contributed by atoms with Crippen LogP contribution in [0.4, 0.5) is 0 Å². The van der Waals surface area contributed by atoms with Crippen LogP contribution in [0, 0.1) is 0 Å². The van der Waals surface area contributed by atoms with Gasteiger partial charge in [0.05, 0.1) is 10.6 Å². The molecule has 0 aliphatic carbocycles. The lowest BCUT2D eigenvalue weighted by atomic mass is 10.0. The second-order valence-corrected chi connectivity index (χ2v) is 5.30. The summed E-state index contributed by atoms with van der Waals surface area (Å²) in [6.45, 7) is 10.3. The zero-order valence-corrected chi connectivity index (χ0v) is 11.4. The normalized spacial score (nSPS) is 13.1. The first-order valence-electron chi connectivity index (χ1n) is 5.70. The third kappa shape index (κ3) is 3.39. The number of aromatic nitrogens is 2. The van der Waals surface area contributed by atoms with Gasteiger partial charge in [0.2, 0.25) is 0 Å². The van der Waals surface area contributed by atoms with Crippen molar-refractivity contribution >= 4 is 11.5 Å². The van der Waals surface area contributed by atoms with E-state index in [-0.39, 0.29) is 0 Å². The molecular weight excluding hydrogens is 218 g/mol. The molecule has 1 atom stereocenters. The van der Waals surface area contributed by atoms with Crippen molar-refractivity contribution in [1.29, 1.82) is 0 Å². The first-order valence-corrected chi connectivity index (χ1v) is 6.47. The van der Waals surface area contributed by atoms with Gasteiger partial charge in [-0.05, 0) is 44.3 Å². The molecule has 1 aromatic heterocycles. The SMILES string of the molecule is C=C(C)CCC(NC)c1snnc1C(C)C. The van der Waals surface area contributed by atoms with Gasteiger partial charge in [-0.1, -0.05) is 23.9 Å². The van der Waals surface area contributed by atoms with Crippen molar-refractivity contribution < 1.29 is 0 Å². The van der Waals surface area contributed by atoms with Crippen molar-refractivity contribution in [2.75, 3.05) is 7.05 Å². The molecule has 0 fully saturated rings. The molecule has 0 radical (unpaired) electrons. The highest BCUT2D eigenvalue weighted by Crippen LogP contribution is 2.29. The Labute approximate surface area is 102 Å². The Kier molecular flexibility index (Phi) is 5.09. The topological polar surface area (TPSA) is 37.8 Å². The average Bonchev–Trinajstić information content (AvgIpc) is 2.67. The molecule has 0 aromatic carbocycles. The van der Waals surface area contributed by atoms with Crippen molar-refractivity contribution in [3.63, 3.8) is 0 Å². The quantitative estimate of drug-likeness (QED) is 0.774. The van der Waals surface area contributed by atoms with E-state index >= 15 is 0 Å². The fourth-order valence-electron chi connectivity index (χ4n) is 1.64. The number of rotatable bonds is 6. The highest BCUT2D eigenvalue weighted by Gasteiger charge is 2.19. The molecule has 1 unspecified atom stereocenters. The Morgan fingerprint density at radius 2 is 2.19 bits per heavy atom. The lowest BCUT2D eigenvalue weighted by molar-refractivity contribution is 0.547. The first kappa shape index (κ1) is 13.3. The molecule has 90 valence electrons. The molecule has 16 heavy (non-hydrogen) atoms. The van der Waals surface area contributed by atoms with E-state index in [0.717, 1.165) is 18.5 Å². The fourth-order valence-corrected chi connectivity index (χ4v) is 2.59. The van der Waals surface area contributed by atoms with Crippen molar-refractivity contribution in [2.45, 2.75) is 45.6 Å². The van der Waals surface area contributed by atoms with Gasteiger partial charge >= 0.3 is 0 Å². The van der Waals surface area contributed by atoms with Gasteiger partial charge in [-0.2, -0.15) is 0 Å². The number of hydrogen-bond acceptors (Lipinski definition) is 4. The van der Waals surface area contributed by atoms with Crippen LogP contribution in [0.3, 0.4) is 0 Å². The van der Waals surface area contributed by atoms with Gasteiger partial charge in [0, 0.05) is 6.04 Å². The molecule has 0 spiro atoms. The largest absolute Gasteiger partial charge is 0.312 e. The second kappa shape index (κ2) is 6.11. The van der Waals surface area contributed by atoms with Crippen LogP contribution in [0.1, 0.15) is 56.1 Å². The molecule has 1 N–H and O–H groups in total. The third-order valence-corrected chi connectivity index (χ3v) is 3.47. The van der Waals surface area contributed by atoms with E-state index in [4.69, 9.17) is 0 Å². The zero-order chi connectivity index (χ0) is 12.1.